The monoisotopic (exact) mass is 501 g/mol. The fraction of sp³-hybridized carbons (Fsp3) is 0.292. The standard InChI is InChI=1S/C24H27N3O7S/c1-15(2)35(29,30)18-9-6-16(7-10-18)14-22-26-27-24(34-22)25-21(28)11-8-17-12-19(31-3)23(33-5)20(13-17)32-4/h6-13,15H,14H2,1-5H3,(H,25,27,28)/b11-8+. The van der Waals surface area contributed by atoms with Gasteiger partial charge < -0.3 is 18.6 Å². The summed E-state index contributed by atoms with van der Waals surface area (Å²) in [4.78, 5) is 12.6. The summed E-state index contributed by atoms with van der Waals surface area (Å²) in [6.45, 7) is 3.27. The van der Waals surface area contributed by atoms with E-state index in [4.69, 9.17) is 18.6 Å². The van der Waals surface area contributed by atoms with E-state index in [9.17, 15) is 13.2 Å². The maximum atomic E-state index is 12.3. The second kappa shape index (κ2) is 11.0. The molecule has 0 fully saturated rings. The Kier molecular flexibility index (Phi) is 8.13. The molecule has 0 aliphatic rings. The molecule has 0 unspecified atom stereocenters. The summed E-state index contributed by atoms with van der Waals surface area (Å²) in [5.74, 6) is 1.17. The van der Waals surface area contributed by atoms with Crippen LogP contribution in [0.5, 0.6) is 17.2 Å². The molecule has 35 heavy (non-hydrogen) atoms. The van der Waals surface area contributed by atoms with E-state index in [0.717, 1.165) is 5.56 Å². The summed E-state index contributed by atoms with van der Waals surface area (Å²) >= 11 is 0. The summed E-state index contributed by atoms with van der Waals surface area (Å²) in [5.41, 5.74) is 1.44. The van der Waals surface area contributed by atoms with Crippen molar-refractivity contribution in [2.75, 3.05) is 26.6 Å². The Hall–Kier alpha value is -3.86. The topological polar surface area (TPSA) is 130 Å². The third kappa shape index (κ3) is 6.18. The van der Waals surface area contributed by atoms with Crippen LogP contribution >= 0.6 is 0 Å². The first-order valence-corrected chi connectivity index (χ1v) is 12.2. The van der Waals surface area contributed by atoms with E-state index in [0.29, 0.717) is 22.8 Å². The van der Waals surface area contributed by atoms with Crippen molar-refractivity contribution in [3.63, 3.8) is 0 Å². The molecule has 3 rings (SSSR count). The van der Waals surface area contributed by atoms with Gasteiger partial charge in [0.2, 0.25) is 11.6 Å². The molecule has 0 atom stereocenters. The first-order chi connectivity index (χ1) is 16.7. The van der Waals surface area contributed by atoms with Crippen LogP contribution in [0.1, 0.15) is 30.9 Å². The molecule has 3 aromatic rings. The molecule has 11 heteroatoms. The van der Waals surface area contributed by atoms with E-state index in [1.165, 1.54) is 27.4 Å². The Balaban J connectivity index is 1.64. The summed E-state index contributed by atoms with van der Waals surface area (Å²) in [6.07, 6.45) is 3.16. The molecule has 1 N–H and O–H groups in total. The SMILES string of the molecule is COc1cc(/C=C/C(=O)Nc2nnc(Cc3ccc(S(=O)(=O)C(C)C)cc3)o2)cc(OC)c1OC. The predicted molar refractivity (Wildman–Crippen MR) is 130 cm³/mol. The average Bonchev–Trinajstić information content (AvgIpc) is 3.28. The van der Waals surface area contributed by atoms with Crippen molar-refractivity contribution >= 4 is 27.8 Å². The Bertz CT molecular complexity index is 1290. The number of sulfone groups is 1. The molecule has 2 aromatic carbocycles. The third-order valence-electron chi connectivity index (χ3n) is 5.04. The smallest absolute Gasteiger partial charge is 0.322 e. The van der Waals surface area contributed by atoms with Crippen molar-refractivity contribution < 1.29 is 31.8 Å². The second-order valence-electron chi connectivity index (χ2n) is 7.70. The zero-order valence-electron chi connectivity index (χ0n) is 20.1. The highest BCUT2D eigenvalue weighted by atomic mass is 32.2. The van der Waals surface area contributed by atoms with Gasteiger partial charge in [0.15, 0.2) is 21.3 Å². The molecule has 0 aliphatic carbocycles. The fourth-order valence-corrected chi connectivity index (χ4v) is 4.20. The molecule has 186 valence electrons. The normalized spacial score (nSPS) is 11.6. The highest BCUT2D eigenvalue weighted by molar-refractivity contribution is 7.92. The van der Waals surface area contributed by atoms with Crippen LogP contribution in [-0.2, 0) is 21.1 Å². The summed E-state index contributed by atoms with van der Waals surface area (Å²) < 4.78 is 45.9. The van der Waals surface area contributed by atoms with Gasteiger partial charge in [-0.15, -0.1) is 5.10 Å². The van der Waals surface area contributed by atoms with Gasteiger partial charge in [0.1, 0.15) is 0 Å². The number of rotatable bonds is 10. The Morgan fingerprint density at radius 1 is 1.03 bits per heavy atom. The highest BCUT2D eigenvalue weighted by Crippen LogP contribution is 2.38. The quantitative estimate of drug-likeness (QED) is 0.415. The van der Waals surface area contributed by atoms with Crippen LogP contribution in [0, 0.1) is 0 Å². The number of nitrogens with zero attached hydrogens (tertiary/aromatic N) is 2. The zero-order valence-corrected chi connectivity index (χ0v) is 20.9. The van der Waals surface area contributed by atoms with Gasteiger partial charge in [-0.3, -0.25) is 10.1 Å². The fourth-order valence-electron chi connectivity index (χ4n) is 3.14. The van der Waals surface area contributed by atoms with Gasteiger partial charge >= 0.3 is 6.01 Å². The van der Waals surface area contributed by atoms with Crippen LogP contribution in [0.2, 0.25) is 0 Å². The second-order valence-corrected chi connectivity index (χ2v) is 10.2. The number of nitrogens with one attached hydrogen (secondary N) is 1. The maximum absolute atomic E-state index is 12.3. The van der Waals surface area contributed by atoms with Crippen LogP contribution in [0.3, 0.4) is 0 Å². The van der Waals surface area contributed by atoms with E-state index in [1.54, 1.807) is 56.3 Å². The van der Waals surface area contributed by atoms with Gasteiger partial charge in [-0.2, -0.15) is 0 Å². The van der Waals surface area contributed by atoms with Crippen molar-refractivity contribution in [1.29, 1.82) is 0 Å². The molecule has 1 heterocycles. The minimum Gasteiger partial charge on any atom is -0.493 e. The van der Waals surface area contributed by atoms with E-state index >= 15 is 0 Å². The number of hydrogen-bond acceptors (Lipinski definition) is 9. The Morgan fingerprint density at radius 3 is 2.20 bits per heavy atom. The van der Waals surface area contributed by atoms with Crippen molar-refractivity contribution in [1.82, 2.24) is 10.2 Å². The van der Waals surface area contributed by atoms with Crippen molar-refractivity contribution in [3.05, 3.63) is 59.5 Å². The average molecular weight is 502 g/mol. The van der Waals surface area contributed by atoms with Crippen molar-refractivity contribution in [3.8, 4) is 17.2 Å². The number of benzene rings is 2. The third-order valence-corrected chi connectivity index (χ3v) is 7.21. The zero-order chi connectivity index (χ0) is 25.6. The molecular weight excluding hydrogens is 474 g/mol. The number of anilines is 1. The minimum absolute atomic E-state index is 0.0569. The van der Waals surface area contributed by atoms with Crippen LogP contribution < -0.4 is 19.5 Å². The number of aromatic nitrogens is 2. The molecule has 1 amide bonds. The predicted octanol–water partition coefficient (Wildman–Crippen LogP) is 3.52. The van der Waals surface area contributed by atoms with E-state index in [2.05, 4.69) is 15.5 Å². The Labute approximate surface area is 203 Å². The van der Waals surface area contributed by atoms with E-state index in [1.807, 2.05) is 0 Å². The number of ether oxygens (including phenoxy) is 3. The van der Waals surface area contributed by atoms with Gasteiger partial charge in [-0.25, -0.2) is 8.42 Å². The van der Waals surface area contributed by atoms with Crippen LogP contribution in [0.25, 0.3) is 6.08 Å². The maximum Gasteiger partial charge on any atom is 0.322 e. The van der Waals surface area contributed by atoms with Crippen LogP contribution in [0.4, 0.5) is 6.01 Å². The molecular formula is C24H27N3O7S. The minimum atomic E-state index is -3.34. The lowest BCUT2D eigenvalue weighted by molar-refractivity contribution is -0.112. The molecule has 0 bridgehead atoms. The first kappa shape index (κ1) is 25.8. The van der Waals surface area contributed by atoms with E-state index < -0.39 is 21.0 Å². The van der Waals surface area contributed by atoms with Crippen LogP contribution in [0.15, 0.2) is 51.8 Å². The van der Waals surface area contributed by atoms with Crippen molar-refractivity contribution in [2.45, 2.75) is 30.4 Å². The lowest BCUT2D eigenvalue weighted by Gasteiger charge is -2.12. The van der Waals surface area contributed by atoms with Gasteiger partial charge in [-0.05, 0) is 55.3 Å². The lowest BCUT2D eigenvalue weighted by Crippen LogP contribution is -2.13. The number of carbonyl (C=O) groups excluding carboxylic acids is 1. The molecule has 0 spiro atoms. The van der Waals surface area contributed by atoms with Crippen LogP contribution in [-0.4, -0.2) is 51.1 Å². The molecule has 0 aliphatic heterocycles. The van der Waals surface area contributed by atoms with Gasteiger partial charge in [0.25, 0.3) is 5.91 Å². The molecule has 0 radical (unpaired) electrons. The first-order valence-electron chi connectivity index (χ1n) is 10.6. The number of hydrogen-bond donors (Lipinski definition) is 1. The largest absolute Gasteiger partial charge is 0.493 e. The number of amides is 1. The number of carbonyl (C=O) groups is 1. The van der Waals surface area contributed by atoms with E-state index in [-0.39, 0.29) is 23.2 Å². The summed E-state index contributed by atoms with van der Waals surface area (Å²) in [5, 5.41) is 9.76. The van der Waals surface area contributed by atoms with Gasteiger partial charge in [0, 0.05) is 6.08 Å². The lowest BCUT2D eigenvalue weighted by atomic mass is 10.1. The molecule has 1 aromatic heterocycles. The highest BCUT2D eigenvalue weighted by Gasteiger charge is 2.19. The molecule has 10 nitrogen and oxygen atoms in total. The van der Waals surface area contributed by atoms with Gasteiger partial charge in [0.05, 0.1) is 37.9 Å². The summed E-state index contributed by atoms with van der Waals surface area (Å²) in [7, 11) is 1.18. The van der Waals surface area contributed by atoms with Gasteiger partial charge in [-0.1, -0.05) is 17.2 Å². The number of methoxy groups -OCH3 is 3. The molecule has 0 saturated heterocycles. The van der Waals surface area contributed by atoms with Crippen molar-refractivity contribution in [2.24, 2.45) is 0 Å². The molecule has 0 saturated carbocycles. The Morgan fingerprint density at radius 2 is 1.66 bits per heavy atom. The summed E-state index contributed by atoms with van der Waals surface area (Å²) in [6, 6.07) is 9.84.